The van der Waals surface area contributed by atoms with Gasteiger partial charge in [0, 0.05) is 37.3 Å². The molecule has 0 fully saturated rings. The van der Waals surface area contributed by atoms with Crippen molar-refractivity contribution in [1.29, 1.82) is 0 Å². The molecule has 28 heavy (non-hydrogen) atoms. The van der Waals surface area contributed by atoms with Crippen molar-refractivity contribution in [3.63, 3.8) is 0 Å². The van der Waals surface area contributed by atoms with Crippen molar-refractivity contribution < 1.29 is 9.53 Å². The maximum absolute atomic E-state index is 12.3. The van der Waals surface area contributed by atoms with E-state index in [4.69, 9.17) is 4.74 Å². The van der Waals surface area contributed by atoms with Crippen LogP contribution in [0.1, 0.15) is 22.3 Å². The number of carbonyl (C=O) groups excluding carboxylic acids is 1. The number of aromatic nitrogens is 3. The van der Waals surface area contributed by atoms with E-state index in [9.17, 15) is 9.59 Å². The van der Waals surface area contributed by atoms with E-state index in [-0.39, 0.29) is 11.6 Å². The molecule has 3 aromatic rings. The molecule has 0 aliphatic carbocycles. The number of aromatic amines is 1. The number of anilines is 1. The highest BCUT2D eigenvalue weighted by Crippen LogP contribution is 2.20. The van der Waals surface area contributed by atoms with Gasteiger partial charge in [0.1, 0.15) is 0 Å². The Kier molecular flexibility index (Phi) is 7.05. The third-order valence-electron chi connectivity index (χ3n) is 4.07. The van der Waals surface area contributed by atoms with E-state index in [1.165, 1.54) is 11.8 Å². The fraction of sp³-hybridized carbons (Fsp3) is 0.250. The van der Waals surface area contributed by atoms with E-state index in [0.29, 0.717) is 29.6 Å². The molecule has 0 aliphatic heterocycles. The Labute approximate surface area is 167 Å². The number of thioether (sulfide) groups is 1. The molecule has 0 spiro atoms. The molecule has 1 aromatic heterocycles. The molecule has 8 heteroatoms. The molecule has 0 saturated heterocycles. The summed E-state index contributed by atoms with van der Waals surface area (Å²) < 4.78 is 6.65. The second kappa shape index (κ2) is 9.91. The minimum Gasteiger partial charge on any atom is -0.385 e. The van der Waals surface area contributed by atoms with Gasteiger partial charge in [0.2, 0.25) is 0 Å². The number of carbonyl (C=O) groups is 1. The third kappa shape index (κ3) is 5.34. The molecule has 2 N–H and O–H groups in total. The van der Waals surface area contributed by atoms with Crippen LogP contribution in [0.4, 0.5) is 5.69 Å². The molecule has 0 atom stereocenters. The highest BCUT2D eigenvalue weighted by Gasteiger charge is 2.10. The molecule has 0 aliphatic rings. The van der Waals surface area contributed by atoms with Gasteiger partial charge >= 0.3 is 5.69 Å². The number of H-pyrrole nitrogens is 1. The molecule has 146 valence electrons. The first-order valence-electron chi connectivity index (χ1n) is 8.89. The molecule has 0 saturated carbocycles. The Bertz CT molecular complexity index is 952. The van der Waals surface area contributed by atoms with Crippen molar-refractivity contribution in [2.75, 3.05) is 19.0 Å². The Morgan fingerprint density at radius 2 is 1.93 bits per heavy atom. The van der Waals surface area contributed by atoms with Crippen LogP contribution in [0.25, 0.3) is 0 Å². The van der Waals surface area contributed by atoms with Crippen LogP contribution in [0.2, 0.25) is 0 Å². The topological polar surface area (TPSA) is 89.0 Å². The molecule has 7 nitrogen and oxygen atoms in total. The SMILES string of the molecule is COCCCn1c(SCc2ccc(C(=O)Nc3ccccc3)cc2)n[nH]c1=O. The van der Waals surface area contributed by atoms with Crippen LogP contribution >= 0.6 is 11.8 Å². The molecule has 2 aromatic carbocycles. The van der Waals surface area contributed by atoms with Crippen LogP contribution in [0, 0.1) is 0 Å². The molecule has 1 heterocycles. The van der Waals surface area contributed by atoms with Crippen molar-refractivity contribution >= 4 is 23.4 Å². The predicted octanol–water partition coefficient (Wildman–Crippen LogP) is 3.15. The number of hydrogen-bond acceptors (Lipinski definition) is 5. The number of hydrogen-bond donors (Lipinski definition) is 2. The summed E-state index contributed by atoms with van der Waals surface area (Å²) in [7, 11) is 1.64. The van der Waals surface area contributed by atoms with Crippen LogP contribution < -0.4 is 11.0 Å². The summed E-state index contributed by atoms with van der Waals surface area (Å²) in [5.41, 5.74) is 2.18. The van der Waals surface area contributed by atoms with Gasteiger partial charge in [0.25, 0.3) is 5.91 Å². The number of para-hydroxylation sites is 1. The zero-order valence-electron chi connectivity index (χ0n) is 15.6. The van der Waals surface area contributed by atoms with Crippen LogP contribution in [-0.4, -0.2) is 34.4 Å². The number of methoxy groups -OCH3 is 1. The number of amides is 1. The first-order chi connectivity index (χ1) is 13.7. The number of benzene rings is 2. The van der Waals surface area contributed by atoms with E-state index in [0.717, 1.165) is 17.7 Å². The summed E-state index contributed by atoms with van der Waals surface area (Å²) >= 11 is 1.48. The van der Waals surface area contributed by atoms with Gasteiger partial charge in [-0.2, -0.15) is 0 Å². The van der Waals surface area contributed by atoms with Crippen molar-refractivity contribution in [2.45, 2.75) is 23.9 Å². The van der Waals surface area contributed by atoms with E-state index in [1.54, 1.807) is 23.8 Å². The first-order valence-corrected chi connectivity index (χ1v) is 9.88. The Morgan fingerprint density at radius 3 is 2.64 bits per heavy atom. The van der Waals surface area contributed by atoms with Gasteiger partial charge in [-0.25, -0.2) is 9.89 Å². The van der Waals surface area contributed by atoms with E-state index in [2.05, 4.69) is 15.5 Å². The van der Waals surface area contributed by atoms with Crippen molar-refractivity contribution in [3.05, 3.63) is 76.2 Å². The zero-order valence-corrected chi connectivity index (χ0v) is 16.4. The van der Waals surface area contributed by atoms with Crippen LogP contribution in [0.15, 0.2) is 64.5 Å². The van der Waals surface area contributed by atoms with Crippen LogP contribution in [0.5, 0.6) is 0 Å². The smallest absolute Gasteiger partial charge is 0.343 e. The maximum Gasteiger partial charge on any atom is 0.343 e. The van der Waals surface area contributed by atoms with Gasteiger partial charge in [0.05, 0.1) is 0 Å². The molecular formula is C20H22N4O3S. The third-order valence-corrected chi connectivity index (χ3v) is 5.12. The monoisotopic (exact) mass is 398 g/mol. The standard InChI is InChI=1S/C20H22N4O3S/c1-27-13-5-12-24-19(26)22-23-20(24)28-14-15-8-10-16(11-9-15)18(25)21-17-6-3-2-4-7-17/h2-4,6-11H,5,12-14H2,1H3,(H,21,25)(H,22,26). The quantitative estimate of drug-likeness (QED) is 0.427. The highest BCUT2D eigenvalue weighted by molar-refractivity contribution is 7.98. The van der Waals surface area contributed by atoms with Crippen LogP contribution in [-0.2, 0) is 17.0 Å². The number of nitrogens with one attached hydrogen (secondary N) is 2. The van der Waals surface area contributed by atoms with Crippen molar-refractivity contribution in [3.8, 4) is 0 Å². The largest absolute Gasteiger partial charge is 0.385 e. The summed E-state index contributed by atoms with van der Waals surface area (Å²) in [5, 5.41) is 10.1. The van der Waals surface area contributed by atoms with Crippen molar-refractivity contribution in [1.82, 2.24) is 14.8 Å². The molecule has 0 radical (unpaired) electrons. The lowest BCUT2D eigenvalue weighted by molar-refractivity contribution is 0.102. The van der Waals surface area contributed by atoms with E-state index >= 15 is 0 Å². The van der Waals surface area contributed by atoms with Gasteiger partial charge in [-0.05, 0) is 36.2 Å². The summed E-state index contributed by atoms with van der Waals surface area (Å²) in [4.78, 5) is 24.2. The molecular weight excluding hydrogens is 376 g/mol. The van der Waals surface area contributed by atoms with Gasteiger partial charge in [-0.3, -0.25) is 9.36 Å². The average molecular weight is 398 g/mol. The molecule has 0 unspecified atom stereocenters. The maximum atomic E-state index is 12.3. The number of rotatable bonds is 9. The van der Waals surface area contributed by atoms with Gasteiger partial charge in [-0.1, -0.05) is 42.1 Å². The number of ether oxygens (including phenoxy) is 1. The Balaban J connectivity index is 1.58. The molecule has 1 amide bonds. The van der Waals surface area contributed by atoms with Crippen molar-refractivity contribution in [2.24, 2.45) is 0 Å². The Morgan fingerprint density at radius 1 is 1.18 bits per heavy atom. The number of nitrogens with zero attached hydrogens (tertiary/aromatic N) is 2. The normalized spacial score (nSPS) is 10.8. The second-order valence-electron chi connectivity index (χ2n) is 6.12. The van der Waals surface area contributed by atoms with Gasteiger partial charge in [-0.15, -0.1) is 5.10 Å². The van der Waals surface area contributed by atoms with E-state index < -0.39 is 0 Å². The minimum atomic E-state index is -0.216. The Hall–Kier alpha value is -2.84. The highest BCUT2D eigenvalue weighted by atomic mass is 32.2. The summed E-state index contributed by atoms with van der Waals surface area (Å²) in [6, 6.07) is 16.8. The molecule has 0 bridgehead atoms. The first kappa shape index (κ1) is 19.9. The second-order valence-corrected chi connectivity index (χ2v) is 7.06. The zero-order chi connectivity index (χ0) is 19.8. The summed E-state index contributed by atoms with van der Waals surface area (Å²) in [6.07, 6.45) is 0.745. The predicted molar refractivity (Wildman–Crippen MR) is 110 cm³/mol. The summed E-state index contributed by atoms with van der Waals surface area (Å²) in [5.74, 6) is 0.500. The lowest BCUT2D eigenvalue weighted by atomic mass is 10.1. The fourth-order valence-electron chi connectivity index (χ4n) is 2.60. The molecule has 3 rings (SSSR count). The van der Waals surface area contributed by atoms with E-state index in [1.807, 2.05) is 42.5 Å². The fourth-order valence-corrected chi connectivity index (χ4v) is 3.53. The van der Waals surface area contributed by atoms with Gasteiger partial charge in [0.15, 0.2) is 5.16 Å². The van der Waals surface area contributed by atoms with Crippen LogP contribution in [0.3, 0.4) is 0 Å². The summed E-state index contributed by atoms with van der Waals surface area (Å²) in [6.45, 7) is 1.15. The lowest BCUT2D eigenvalue weighted by Gasteiger charge is -2.07. The lowest BCUT2D eigenvalue weighted by Crippen LogP contribution is -2.18. The average Bonchev–Trinajstić information content (AvgIpc) is 3.07. The minimum absolute atomic E-state index is 0.148. The van der Waals surface area contributed by atoms with Gasteiger partial charge < -0.3 is 10.1 Å².